The normalized spacial score (nSPS) is 23.9. The van der Waals surface area contributed by atoms with Gasteiger partial charge in [0.15, 0.2) is 5.78 Å². The van der Waals surface area contributed by atoms with Crippen molar-refractivity contribution in [3.8, 4) is 0 Å². The Kier molecular flexibility index (Phi) is 6.12. The third kappa shape index (κ3) is 3.81. The van der Waals surface area contributed by atoms with Crippen LogP contribution in [-0.4, -0.2) is 36.3 Å². The number of carbonyl (C=O) groups is 2. The van der Waals surface area contributed by atoms with E-state index in [0.717, 1.165) is 6.08 Å². The molecule has 1 atom stereocenters. The number of ether oxygens (including phenoxy) is 1. The number of allylic oxidation sites excluding steroid dienone is 1. The van der Waals surface area contributed by atoms with Crippen LogP contribution < -0.4 is 0 Å². The van der Waals surface area contributed by atoms with Gasteiger partial charge in [0.05, 0.1) is 12.8 Å². The van der Waals surface area contributed by atoms with Gasteiger partial charge in [0, 0.05) is 12.5 Å². The van der Waals surface area contributed by atoms with Gasteiger partial charge >= 0.3 is 5.97 Å². The molecule has 1 aliphatic rings. The summed E-state index contributed by atoms with van der Waals surface area (Å²) in [5, 5.41) is 14.3. The molecule has 0 aromatic rings. The fourth-order valence-electron chi connectivity index (χ4n) is 3.00. The Morgan fingerprint density at radius 3 is 2.70 bits per heavy atom. The molecule has 0 saturated heterocycles. The number of carbonyl (C=O) groups excluding carboxylic acids is 2. The summed E-state index contributed by atoms with van der Waals surface area (Å²) in [4.78, 5) is 29.3. The molecular weight excluding hydrogens is 298 g/mol. The van der Waals surface area contributed by atoms with Crippen molar-refractivity contribution in [2.45, 2.75) is 40.0 Å². The smallest absolute Gasteiger partial charge is 0.320 e. The summed E-state index contributed by atoms with van der Waals surface area (Å²) in [5.41, 5.74) is -1.36. The molecule has 0 aliphatic heterocycles. The summed E-state index contributed by atoms with van der Waals surface area (Å²) in [6.07, 6.45) is 3.56. The molecule has 0 fully saturated rings. The molecule has 0 bridgehead atoms. The number of oxime groups is 1. The maximum absolute atomic E-state index is 12.5. The molecule has 0 aromatic heterocycles. The third-order valence-corrected chi connectivity index (χ3v) is 4.31. The molecule has 0 saturated carbocycles. The molecule has 1 unspecified atom stereocenters. The van der Waals surface area contributed by atoms with Crippen molar-refractivity contribution in [3.63, 3.8) is 0 Å². The Bertz CT molecular complexity index is 547. The quantitative estimate of drug-likeness (QED) is 0.256. The Morgan fingerprint density at radius 1 is 1.52 bits per heavy atom. The van der Waals surface area contributed by atoms with Crippen molar-refractivity contribution < 1.29 is 24.3 Å². The fraction of sp³-hybridized carbons (Fsp3) is 0.588. The highest BCUT2D eigenvalue weighted by molar-refractivity contribution is 5.96. The highest BCUT2D eigenvalue weighted by Crippen LogP contribution is 2.53. The zero-order valence-corrected chi connectivity index (χ0v) is 14.2. The van der Waals surface area contributed by atoms with E-state index in [2.05, 4.69) is 11.7 Å². The summed E-state index contributed by atoms with van der Waals surface area (Å²) in [6.45, 7) is 9.17. The Balaban J connectivity index is 3.11. The van der Waals surface area contributed by atoms with Crippen molar-refractivity contribution >= 4 is 17.5 Å². The lowest BCUT2D eigenvalue weighted by molar-refractivity contribution is -0.162. The van der Waals surface area contributed by atoms with Crippen LogP contribution in [0, 0.1) is 10.8 Å². The van der Waals surface area contributed by atoms with E-state index in [-0.39, 0.29) is 24.4 Å². The molecular formula is C17H25NO5. The average Bonchev–Trinajstić information content (AvgIpc) is 2.45. The largest absolute Gasteiger partial charge is 0.511 e. The molecule has 6 heteroatoms. The van der Waals surface area contributed by atoms with Crippen molar-refractivity contribution in [2.24, 2.45) is 16.0 Å². The van der Waals surface area contributed by atoms with Crippen LogP contribution >= 0.6 is 0 Å². The fourth-order valence-corrected chi connectivity index (χ4v) is 3.00. The number of hydrogen-bond acceptors (Lipinski definition) is 6. The van der Waals surface area contributed by atoms with Crippen LogP contribution in [0.1, 0.15) is 40.0 Å². The monoisotopic (exact) mass is 323 g/mol. The SMILES string of the molecule is C=CCON=C(C)CCC1(C(=O)OC)C(O)=CC(=O)CC1(C)C. The van der Waals surface area contributed by atoms with Gasteiger partial charge in [-0.25, -0.2) is 0 Å². The maximum atomic E-state index is 12.5. The second-order valence-corrected chi connectivity index (χ2v) is 6.36. The summed E-state index contributed by atoms with van der Waals surface area (Å²) in [5.74, 6) is -0.999. The van der Waals surface area contributed by atoms with E-state index in [1.54, 1.807) is 26.8 Å². The first kappa shape index (κ1) is 18.9. The second kappa shape index (κ2) is 7.44. The summed E-state index contributed by atoms with van der Waals surface area (Å²) in [7, 11) is 1.28. The van der Waals surface area contributed by atoms with E-state index in [1.807, 2.05) is 0 Å². The van der Waals surface area contributed by atoms with Gasteiger partial charge in [0.1, 0.15) is 17.8 Å². The predicted molar refractivity (Wildman–Crippen MR) is 87.1 cm³/mol. The summed E-state index contributed by atoms with van der Waals surface area (Å²) < 4.78 is 4.93. The molecule has 6 nitrogen and oxygen atoms in total. The molecule has 1 N–H and O–H groups in total. The molecule has 0 heterocycles. The van der Waals surface area contributed by atoms with Crippen molar-refractivity contribution in [1.82, 2.24) is 0 Å². The zero-order chi connectivity index (χ0) is 17.7. The Labute approximate surface area is 136 Å². The predicted octanol–water partition coefficient (Wildman–Crippen LogP) is 2.95. The third-order valence-electron chi connectivity index (χ3n) is 4.31. The first-order chi connectivity index (χ1) is 10.7. The van der Waals surface area contributed by atoms with Crippen molar-refractivity contribution in [2.75, 3.05) is 13.7 Å². The molecule has 23 heavy (non-hydrogen) atoms. The first-order valence-corrected chi connectivity index (χ1v) is 7.50. The second-order valence-electron chi connectivity index (χ2n) is 6.36. The topological polar surface area (TPSA) is 85.2 Å². The lowest BCUT2D eigenvalue weighted by Gasteiger charge is -2.45. The highest BCUT2D eigenvalue weighted by atomic mass is 16.6. The van der Waals surface area contributed by atoms with Crippen LogP contribution in [0.5, 0.6) is 0 Å². The number of aliphatic hydroxyl groups excluding tert-OH is 1. The molecule has 1 aliphatic carbocycles. The summed E-state index contributed by atoms with van der Waals surface area (Å²) >= 11 is 0. The van der Waals surface area contributed by atoms with Crippen molar-refractivity contribution in [3.05, 3.63) is 24.5 Å². The molecule has 0 spiro atoms. The van der Waals surface area contributed by atoms with E-state index in [1.165, 1.54) is 7.11 Å². The average molecular weight is 323 g/mol. The molecule has 1 rings (SSSR count). The maximum Gasteiger partial charge on any atom is 0.320 e. The van der Waals surface area contributed by atoms with Gasteiger partial charge in [-0.15, -0.1) is 0 Å². The Hall–Kier alpha value is -2.11. The minimum atomic E-state index is -1.27. The molecule has 128 valence electrons. The summed E-state index contributed by atoms with van der Waals surface area (Å²) in [6, 6.07) is 0. The number of aliphatic hydroxyl groups is 1. The van der Waals surface area contributed by atoms with Crippen molar-refractivity contribution in [1.29, 1.82) is 0 Å². The number of rotatable bonds is 7. The van der Waals surface area contributed by atoms with Crippen LogP contribution in [0.3, 0.4) is 0 Å². The van der Waals surface area contributed by atoms with E-state index < -0.39 is 16.8 Å². The first-order valence-electron chi connectivity index (χ1n) is 7.50. The van der Waals surface area contributed by atoms with Crippen LogP contribution in [-0.2, 0) is 19.2 Å². The van der Waals surface area contributed by atoms with Gasteiger partial charge in [-0.1, -0.05) is 31.7 Å². The van der Waals surface area contributed by atoms with E-state index in [0.29, 0.717) is 18.7 Å². The molecule has 0 radical (unpaired) electrons. The minimum absolute atomic E-state index is 0.162. The lowest BCUT2D eigenvalue weighted by Crippen LogP contribution is -2.50. The van der Waals surface area contributed by atoms with Crippen LogP contribution in [0.15, 0.2) is 29.6 Å². The molecule has 0 amide bonds. The van der Waals surface area contributed by atoms with E-state index in [9.17, 15) is 14.7 Å². The Morgan fingerprint density at radius 2 is 2.17 bits per heavy atom. The number of nitrogens with zero attached hydrogens (tertiary/aromatic N) is 1. The lowest BCUT2D eigenvalue weighted by atomic mass is 9.57. The van der Waals surface area contributed by atoms with Gasteiger partial charge in [-0.3, -0.25) is 9.59 Å². The van der Waals surface area contributed by atoms with Gasteiger partial charge in [0.25, 0.3) is 0 Å². The number of methoxy groups -OCH3 is 1. The van der Waals surface area contributed by atoms with Gasteiger partial charge in [-0.2, -0.15) is 0 Å². The van der Waals surface area contributed by atoms with Crippen LogP contribution in [0.2, 0.25) is 0 Å². The number of ketones is 1. The highest BCUT2D eigenvalue weighted by Gasteiger charge is 2.57. The van der Waals surface area contributed by atoms with E-state index >= 15 is 0 Å². The standard InChI is InChI=1S/C17H25NO5/c1-6-9-23-18-12(2)7-8-17(15(21)22-5)14(20)10-13(19)11-16(17,3)4/h6,10,20H,1,7-9,11H2,2-5H3. The van der Waals surface area contributed by atoms with Gasteiger partial charge < -0.3 is 14.7 Å². The van der Waals surface area contributed by atoms with E-state index in [4.69, 9.17) is 9.57 Å². The van der Waals surface area contributed by atoms with Gasteiger partial charge in [0.2, 0.25) is 0 Å². The number of esters is 1. The zero-order valence-electron chi connectivity index (χ0n) is 14.2. The van der Waals surface area contributed by atoms with Gasteiger partial charge in [-0.05, 0) is 25.2 Å². The van der Waals surface area contributed by atoms with Crippen LogP contribution in [0.25, 0.3) is 0 Å². The minimum Gasteiger partial charge on any atom is -0.511 e. The number of hydrogen-bond donors (Lipinski definition) is 1. The molecule has 0 aromatic carbocycles. The van der Waals surface area contributed by atoms with Crippen LogP contribution in [0.4, 0.5) is 0 Å².